The number of hydrogen-bond acceptors (Lipinski definition) is 4. The second kappa shape index (κ2) is 7.65. The average Bonchev–Trinajstić information content (AvgIpc) is 3.11. The summed E-state index contributed by atoms with van der Waals surface area (Å²) in [6, 6.07) is 10.3. The van der Waals surface area contributed by atoms with Gasteiger partial charge in [-0.1, -0.05) is 12.1 Å². The van der Waals surface area contributed by atoms with Gasteiger partial charge in [0.2, 0.25) is 0 Å². The van der Waals surface area contributed by atoms with Crippen molar-refractivity contribution < 1.29 is 18.0 Å². The first kappa shape index (κ1) is 18.1. The topological polar surface area (TPSA) is 54.9 Å². The average molecular weight is 377 g/mol. The van der Waals surface area contributed by atoms with Crippen LogP contribution in [0, 0.1) is 0 Å². The van der Waals surface area contributed by atoms with Gasteiger partial charge < -0.3 is 5.32 Å². The zero-order chi connectivity index (χ0) is 18.6. The Labute approximate surface area is 151 Å². The summed E-state index contributed by atoms with van der Waals surface area (Å²) in [5.41, 5.74) is 2.87. The summed E-state index contributed by atoms with van der Waals surface area (Å²) in [4.78, 5) is 20.4. The highest BCUT2D eigenvalue weighted by Gasteiger charge is 2.26. The van der Waals surface area contributed by atoms with Crippen molar-refractivity contribution in [1.82, 2.24) is 15.3 Å². The summed E-state index contributed by atoms with van der Waals surface area (Å²) in [5, 5.41) is 5.03. The predicted molar refractivity (Wildman–Crippen MR) is 93.8 cm³/mol. The Morgan fingerprint density at radius 1 is 1.04 bits per heavy atom. The number of hydrogen-bond donors (Lipinski definition) is 1. The van der Waals surface area contributed by atoms with Crippen LogP contribution in [0.2, 0.25) is 0 Å². The van der Waals surface area contributed by atoms with Crippen LogP contribution >= 0.6 is 11.3 Å². The highest BCUT2D eigenvalue weighted by molar-refractivity contribution is 7.13. The van der Waals surface area contributed by atoms with Gasteiger partial charge in [0.1, 0.15) is 5.01 Å². The fourth-order valence-corrected chi connectivity index (χ4v) is 3.08. The number of carbonyl (C=O) groups is 1. The lowest BCUT2D eigenvalue weighted by molar-refractivity contribution is -0.132. The molecule has 1 N–H and O–H groups in total. The Morgan fingerprint density at radius 3 is 2.38 bits per heavy atom. The van der Waals surface area contributed by atoms with Crippen LogP contribution in [0.15, 0.2) is 54.2 Å². The number of halogens is 3. The van der Waals surface area contributed by atoms with Gasteiger partial charge in [0.25, 0.3) is 5.91 Å². The molecule has 0 aliphatic carbocycles. The van der Waals surface area contributed by atoms with E-state index in [9.17, 15) is 18.0 Å². The van der Waals surface area contributed by atoms with Crippen LogP contribution in [0.5, 0.6) is 0 Å². The van der Waals surface area contributed by atoms with Gasteiger partial charge in [-0.05, 0) is 24.3 Å². The number of nitrogens with zero attached hydrogens (tertiary/aromatic N) is 2. The van der Waals surface area contributed by atoms with Gasteiger partial charge in [-0.3, -0.25) is 9.78 Å². The van der Waals surface area contributed by atoms with Crippen molar-refractivity contribution in [3.05, 3.63) is 59.7 Å². The second-order valence-electron chi connectivity index (χ2n) is 5.47. The number of rotatable bonds is 5. The highest BCUT2D eigenvalue weighted by atomic mass is 32.1. The maximum absolute atomic E-state index is 12.1. The van der Waals surface area contributed by atoms with Gasteiger partial charge in [-0.25, -0.2) is 4.98 Å². The van der Waals surface area contributed by atoms with E-state index in [4.69, 9.17) is 0 Å². The molecule has 134 valence electrons. The number of nitrogens with one attached hydrogen (secondary N) is 1. The van der Waals surface area contributed by atoms with E-state index in [1.54, 1.807) is 36.7 Å². The highest BCUT2D eigenvalue weighted by Crippen LogP contribution is 2.28. The Morgan fingerprint density at radius 2 is 1.73 bits per heavy atom. The molecular formula is C18H14F3N3OS. The van der Waals surface area contributed by atoms with E-state index in [0.717, 1.165) is 21.8 Å². The van der Waals surface area contributed by atoms with Crippen molar-refractivity contribution in [3.8, 4) is 21.8 Å². The number of carbonyl (C=O) groups excluding carboxylic acids is 1. The lowest BCUT2D eigenvalue weighted by Gasteiger charge is -2.08. The maximum atomic E-state index is 12.1. The molecule has 0 unspecified atom stereocenters. The minimum Gasteiger partial charge on any atom is -0.352 e. The molecular weight excluding hydrogens is 363 g/mol. The Balaban J connectivity index is 1.66. The Hall–Kier alpha value is -2.74. The molecule has 2 heterocycles. The maximum Gasteiger partial charge on any atom is 0.390 e. The quantitative estimate of drug-likeness (QED) is 0.709. The first-order valence-corrected chi connectivity index (χ1v) is 8.62. The molecule has 0 aliphatic heterocycles. The molecule has 0 aliphatic rings. The molecule has 26 heavy (non-hydrogen) atoms. The molecule has 4 nitrogen and oxygen atoms in total. The van der Waals surface area contributed by atoms with Crippen LogP contribution in [0.25, 0.3) is 21.8 Å². The third kappa shape index (κ3) is 4.66. The number of benzene rings is 1. The minimum atomic E-state index is -4.28. The van der Waals surface area contributed by atoms with Crippen LogP contribution in [0.4, 0.5) is 13.2 Å². The van der Waals surface area contributed by atoms with E-state index in [0.29, 0.717) is 5.56 Å². The molecule has 0 spiro atoms. The smallest absolute Gasteiger partial charge is 0.352 e. The molecule has 0 saturated heterocycles. The molecule has 1 amide bonds. The van der Waals surface area contributed by atoms with Crippen molar-refractivity contribution in [2.24, 2.45) is 0 Å². The van der Waals surface area contributed by atoms with Crippen LogP contribution in [0.3, 0.4) is 0 Å². The molecule has 2 aromatic heterocycles. The Bertz CT molecular complexity index is 877. The minimum absolute atomic E-state index is 0.306. The SMILES string of the molecule is O=C(NCCC(F)(F)F)c1ccc(-c2csc(-c3ccncc3)n2)cc1. The molecule has 0 radical (unpaired) electrons. The van der Waals surface area contributed by atoms with E-state index >= 15 is 0 Å². The fraction of sp³-hybridized carbons (Fsp3) is 0.167. The van der Waals surface area contributed by atoms with Gasteiger partial charge in [0.05, 0.1) is 12.1 Å². The molecule has 3 aromatic rings. The zero-order valence-corrected chi connectivity index (χ0v) is 14.3. The molecule has 1 aromatic carbocycles. The standard InChI is InChI=1S/C18H14F3N3OS/c19-18(20,21)7-10-23-16(25)13-3-1-12(2-4-13)15-11-26-17(24-15)14-5-8-22-9-6-14/h1-6,8-9,11H,7,10H2,(H,23,25). The summed E-state index contributed by atoms with van der Waals surface area (Å²) >= 11 is 1.50. The molecule has 0 fully saturated rings. The summed E-state index contributed by atoms with van der Waals surface area (Å²) in [6.45, 7) is -0.439. The summed E-state index contributed by atoms with van der Waals surface area (Å²) in [5.74, 6) is -0.531. The van der Waals surface area contributed by atoms with Gasteiger partial charge >= 0.3 is 6.18 Å². The molecule has 8 heteroatoms. The van der Waals surface area contributed by atoms with Crippen LogP contribution < -0.4 is 5.32 Å². The monoisotopic (exact) mass is 377 g/mol. The molecule has 0 bridgehead atoms. The van der Waals surface area contributed by atoms with Gasteiger partial charge in [0.15, 0.2) is 0 Å². The number of alkyl halides is 3. The van der Waals surface area contributed by atoms with E-state index in [1.165, 1.54) is 11.3 Å². The normalized spacial score (nSPS) is 11.3. The molecule has 3 rings (SSSR count). The summed E-state index contributed by atoms with van der Waals surface area (Å²) in [7, 11) is 0. The number of amides is 1. The third-order valence-electron chi connectivity index (χ3n) is 3.57. The first-order chi connectivity index (χ1) is 12.4. The second-order valence-corrected chi connectivity index (χ2v) is 6.33. The van der Waals surface area contributed by atoms with Crippen LogP contribution in [-0.4, -0.2) is 28.6 Å². The fourth-order valence-electron chi connectivity index (χ4n) is 2.25. The molecule has 0 atom stereocenters. The van der Waals surface area contributed by atoms with E-state index in [2.05, 4.69) is 15.3 Å². The third-order valence-corrected chi connectivity index (χ3v) is 4.46. The lowest BCUT2D eigenvalue weighted by Crippen LogP contribution is -2.27. The van der Waals surface area contributed by atoms with Gasteiger partial charge in [-0.15, -0.1) is 11.3 Å². The summed E-state index contributed by atoms with van der Waals surface area (Å²) in [6.07, 6.45) is -1.94. The molecule has 0 saturated carbocycles. The van der Waals surface area contributed by atoms with E-state index in [1.807, 2.05) is 17.5 Å². The Kier molecular flexibility index (Phi) is 5.32. The predicted octanol–water partition coefficient (Wildman–Crippen LogP) is 4.55. The van der Waals surface area contributed by atoms with Gasteiger partial charge in [-0.2, -0.15) is 13.2 Å². The van der Waals surface area contributed by atoms with E-state index in [-0.39, 0.29) is 0 Å². The van der Waals surface area contributed by atoms with Crippen LogP contribution in [0.1, 0.15) is 16.8 Å². The number of thiazole rings is 1. The van der Waals surface area contributed by atoms with Crippen molar-refractivity contribution in [2.45, 2.75) is 12.6 Å². The first-order valence-electron chi connectivity index (χ1n) is 7.74. The zero-order valence-electron chi connectivity index (χ0n) is 13.5. The van der Waals surface area contributed by atoms with Crippen LogP contribution in [-0.2, 0) is 0 Å². The van der Waals surface area contributed by atoms with Crippen molar-refractivity contribution in [3.63, 3.8) is 0 Å². The lowest BCUT2D eigenvalue weighted by atomic mass is 10.1. The van der Waals surface area contributed by atoms with Crippen molar-refractivity contribution in [2.75, 3.05) is 6.54 Å². The van der Waals surface area contributed by atoms with E-state index < -0.39 is 25.0 Å². The van der Waals surface area contributed by atoms with Crippen molar-refractivity contribution in [1.29, 1.82) is 0 Å². The number of aromatic nitrogens is 2. The number of pyridine rings is 1. The van der Waals surface area contributed by atoms with Crippen molar-refractivity contribution >= 4 is 17.2 Å². The summed E-state index contributed by atoms with van der Waals surface area (Å²) < 4.78 is 36.3. The largest absolute Gasteiger partial charge is 0.390 e. The van der Waals surface area contributed by atoms with Gasteiger partial charge in [0, 0.05) is 41.0 Å².